The van der Waals surface area contributed by atoms with E-state index >= 15 is 0 Å². The van der Waals surface area contributed by atoms with E-state index in [4.69, 9.17) is 5.11 Å². The van der Waals surface area contributed by atoms with E-state index in [-0.39, 0.29) is 23.0 Å². The van der Waals surface area contributed by atoms with Gasteiger partial charge in [0.15, 0.2) is 16.7 Å². The number of carboxylic acid groups (broad SMARTS) is 1. The van der Waals surface area contributed by atoms with Crippen molar-refractivity contribution in [2.45, 2.75) is 0 Å². The van der Waals surface area contributed by atoms with Crippen molar-refractivity contribution < 1.29 is 24.9 Å². The van der Waals surface area contributed by atoms with E-state index in [0.717, 1.165) is 11.8 Å². The highest BCUT2D eigenvalue weighted by molar-refractivity contribution is 8.18. The number of nitrogens with zero attached hydrogens (tertiary/aromatic N) is 1. The molecular formula is C17H12N2O5S. The van der Waals surface area contributed by atoms with E-state index in [1.165, 1.54) is 24.3 Å². The van der Waals surface area contributed by atoms with E-state index in [9.17, 15) is 19.8 Å². The molecule has 1 amide bonds. The number of phenols is 2. The van der Waals surface area contributed by atoms with Crippen molar-refractivity contribution in [2.75, 3.05) is 0 Å². The summed E-state index contributed by atoms with van der Waals surface area (Å²) in [6.07, 6.45) is 1.55. The van der Waals surface area contributed by atoms with Crippen molar-refractivity contribution in [3.63, 3.8) is 0 Å². The maximum absolute atomic E-state index is 12.0. The third-order valence-corrected chi connectivity index (χ3v) is 4.18. The maximum atomic E-state index is 12.0. The number of amides is 1. The molecule has 0 unspecified atom stereocenters. The quantitative estimate of drug-likeness (QED) is 0.496. The number of aromatic carboxylic acids is 1. The molecule has 8 heteroatoms. The molecule has 2 aromatic carbocycles. The number of hydrogen-bond acceptors (Lipinski definition) is 6. The standard InChI is InChI=1S/C17H12N2O5S/c20-12-5-4-9(6-13(12)21)7-14-15(22)19-17(25-14)18-11-3-1-2-10(8-11)16(23)24/h1-8,20-21H,(H,23,24)(H,18,19,22)/b14-7-. The van der Waals surface area contributed by atoms with Gasteiger partial charge in [0.05, 0.1) is 16.2 Å². The molecular weight excluding hydrogens is 344 g/mol. The number of carbonyl (C=O) groups is 2. The Balaban J connectivity index is 1.84. The van der Waals surface area contributed by atoms with Crippen molar-refractivity contribution in [3.8, 4) is 11.5 Å². The molecule has 1 fully saturated rings. The molecule has 0 saturated carbocycles. The number of carboxylic acids is 1. The smallest absolute Gasteiger partial charge is 0.335 e. The number of thioether (sulfide) groups is 1. The Hall–Kier alpha value is -3.26. The molecule has 0 aliphatic carbocycles. The Kier molecular flexibility index (Phi) is 4.44. The molecule has 0 bridgehead atoms. The molecule has 7 nitrogen and oxygen atoms in total. The van der Waals surface area contributed by atoms with Crippen LogP contribution in [0.5, 0.6) is 11.5 Å². The normalized spacial score (nSPS) is 17.0. The van der Waals surface area contributed by atoms with E-state index in [2.05, 4.69) is 10.3 Å². The predicted molar refractivity (Wildman–Crippen MR) is 94.0 cm³/mol. The summed E-state index contributed by atoms with van der Waals surface area (Å²) in [5.74, 6) is -1.94. The molecule has 1 aliphatic rings. The van der Waals surface area contributed by atoms with Crippen LogP contribution in [-0.4, -0.2) is 32.4 Å². The van der Waals surface area contributed by atoms with Crippen LogP contribution in [0.15, 0.2) is 52.4 Å². The lowest BCUT2D eigenvalue weighted by atomic mass is 10.2. The first-order chi connectivity index (χ1) is 11.9. The van der Waals surface area contributed by atoms with Crippen LogP contribution in [0.4, 0.5) is 5.69 Å². The van der Waals surface area contributed by atoms with Gasteiger partial charge in [-0.1, -0.05) is 12.1 Å². The third kappa shape index (κ3) is 3.81. The van der Waals surface area contributed by atoms with E-state index in [1.54, 1.807) is 24.3 Å². The van der Waals surface area contributed by atoms with Gasteiger partial charge in [-0.2, -0.15) is 0 Å². The molecule has 0 aromatic heterocycles. The molecule has 4 N–H and O–H groups in total. The van der Waals surface area contributed by atoms with Crippen molar-refractivity contribution in [2.24, 2.45) is 4.99 Å². The summed E-state index contributed by atoms with van der Waals surface area (Å²) < 4.78 is 0. The highest BCUT2D eigenvalue weighted by atomic mass is 32.2. The van der Waals surface area contributed by atoms with Gasteiger partial charge in [0.1, 0.15) is 0 Å². The minimum absolute atomic E-state index is 0.103. The fourth-order valence-electron chi connectivity index (χ4n) is 2.09. The Morgan fingerprint density at radius 1 is 1.12 bits per heavy atom. The molecule has 2 aromatic rings. The first-order valence-corrected chi connectivity index (χ1v) is 7.89. The van der Waals surface area contributed by atoms with E-state index < -0.39 is 5.97 Å². The van der Waals surface area contributed by atoms with E-state index in [1.807, 2.05) is 0 Å². The van der Waals surface area contributed by atoms with Gasteiger partial charge in [0.2, 0.25) is 0 Å². The molecule has 0 spiro atoms. The predicted octanol–water partition coefficient (Wildman–Crippen LogP) is 2.69. The van der Waals surface area contributed by atoms with Gasteiger partial charge >= 0.3 is 5.97 Å². The molecule has 0 atom stereocenters. The Labute approximate surface area is 146 Å². The van der Waals surface area contributed by atoms with Crippen LogP contribution in [0.1, 0.15) is 15.9 Å². The summed E-state index contributed by atoms with van der Waals surface area (Å²) in [6, 6.07) is 10.3. The Morgan fingerprint density at radius 2 is 1.92 bits per heavy atom. The fraction of sp³-hybridized carbons (Fsp3) is 0. The minimum Gasteiger partial charge on any atom is -0.504 e. The molecule has 1 heterocycles. The van der Waals surface area contributed by atoms with E-state index in [0.29, 0.717) is 21.3 Å². The highest BCUT2D eigenvalue weighted by Crippen LogP contribution is 2.31. The zero-order valence-electron chi connectivity index (χ0n) is 12.6. The molecule has 25 heavy (non-hydrogen) atoms. The van der Waals surface area contributed by atoms with Crippen molar-refractivity contribution >= 4 is 40.6 Å². The fourth-order valence-corrected chi connectivity index (χ4v) is 2.93. The molecule has 126 valence electrons. The van der Waals surface area contributed by atoms with Crippen molar-refractivity contribution in [1.29, 1.82) is 0 Å². The second kappa shape index (κ2) is 6.70. The Morgan fingerprint density at radius 3 is 2.64 bits per heavy atom. The summed E-state index contributed by atoms with van der Waals surface area (Å²) >= 11 is 1.09. The number of phenolic OH excluding ortho intramolecular Hbond substituents is 2. The van der Waals surface area contributed by atoms with Crippen molar-refractivity contribution in [3.05, 3.63) is 58.5 Å². The summed E-state index contributed by atoms with van der Waals surface area (Å²) in [6.45, 7) is 0. The number of aromatic hydroxyl groups is 2. The number of nitrogens with one attached hydrogen (secondary N) is 1. The average Bonchev–Trinajstić information content (AvgIpc) is 2.90. The molecule has 1 aliphatic heterocycles. The van der Waals surface area contributed by atoms with Crippen LogP contribution in [0, 0.1) is 0 Å². The topological polar surface area (TPSA) is 119 Å². The monoisotopic (exact) mass is 356 g/mol. The number of rotatable bonds is 3. The summed E-state index contributed by atoms with van der Waals surface area (Å²) in [5.41, 5.74) is 1.06. The summed E-state index contributed by atoms with van der Waals surface area (Å²) in [7, 11) is 0. The molecule has 1 saturated heterocycles. The van der Waals surface area contributed by atoms with Gasteiger partial charge < -0.3 is 20.6 Å². The average molecular weight is 356 g/mol. The SMILES string of the molecule is O=C1NC(=Nc2cccc(C(=O)O)c2)S/C1=C\c1ccc(O)c(O)c1. The van der Waals surface area contributed by atoms with Crippen LogP contribution >= 0.6 is 11.8 Å². The number of amidine groups is 1. The van der Waals surface area contributed by atoms with Gasteiger partial charge in [-0.25, -0.2) is 9.79 Å². The number of benzene rings is 2. The first-order valence-electron chi connectivity index (χ1n) is 7.07. The van der Waals surface area contributed by atoms with Gasteiger partial charge in [0, 0.05) is 0 Å². The van der Waals surface area contributed by atoms with Crippen LogP contribution in [0.25, 0.3) is 6.08 Å². The highest BCUT2D eigenvalue weighted by Gasteiger charge is 2.24. The van der Waals surface area contributed by atoms with Crippen molar-refractivity contribution in [1.82, 2.24) is 5.32 Å². The van der Waals surface area contributed by atoms with Crippen LogP contribution in [0.3, 0.4) is 0 Å². The second-order valence-electron chi connectivity index (χ2n) is 5.09. The van der Waals surface area contributed by atoms with Gasteiger partial charge in [-0.05, 0) is 53.7 Å². The maximum Gasteiger partial charge on any atom is 0.335 e. The summed E-state index contributed by atoms with van der Waals surface area (Å²) in [4.78, 5) is 27.6. The second-order valence-corrected chi connectivity index (χ2v) is 6.12. The molecule has 0 radical (unpaired) electrons. The number of aliphatic imine (C=N–C) groups is 1. The summed E-state index contributed by atoms with van der Waals surface area (Å²) in [5, 5.41) is 30.7. The lowest BCUT2D eigenvalue weighted by Gasteiger charge is -1.99. The van der Waals surface area contributed by atoms with Crippen LogP contribution in [-0.2, 0) is 4.79 Å². The van der Waals surface area contributed by atoms with Gasteiger partial charge in [-0.15, -0.1) is 0 Å². The lowest BCUT2D eigenvalue weighted by Crippen LogP contribution is -2.19. The number of hydrogen-bond donors (Lipinski definition) is 4. The van der Waals surface area contributed by atoms with Gasteiger partial charge in [0.25, 0.3) is 5.91 Å². The molecule has 3 rings (SSSR count). The van der Waals surface area contributed by atoms with Crippen LogP contribution < -0.4 is 5.32 Å². The largest absolute Gasteiger partial charge is 0.504 e. The Bertz CT molecular complexity index is 936. The third-order valence-electron chi connectivity index (χ3n) is 3.27. The van der Waals surface area contributed by atoms with Crippen LogP contribution in [0.2, 0.25) is 0 Å². The first kappa shape index (κ1) is 16.6. The lowest BCUT2D eigenvalue weighted by molar-refractivity contribution is -0.115. The zero-order valence-corrected chi connectivity index (χ0v) is 13.4. The zero-order chi connectivity index (χ0) is 18.0. The minimum atomic E-state index is -1.06. The van der Waals surface area contributed by atoms with Gasteiger partial charge in [-0.3, -0.25) is 4.79 Å². The number of carbonyl (C=O) groups excluding carboxylic acids is 1.